The van der Waals surface area contributed by atoms with Gasteiger partial charge in [0.2, 0.25) is 0 Å². The van der Waals surface area contributed by atoms with Crippen LogP contribution in [0, 0.1) is 6.92 Å². The fraction of sp³-hybridized carbons (Fsp3) is 0.0625. The van der Waals surface area contributed by atoms with E-state index in [-0.39, 0.29) is 0 Å². The Bertz CT molecular complexity index is 715. The molecule has 0 saturated carbocycles. The van der Waals surface area contributed by atoms with Crippen molar-refractivity contribution in [1.82, 2.24) is 5.43 Å². The molecule has 0 saturated heterocycles. The monoisotopic (exact) mass is 315 g/mol. The van der Waals surface area contributed by atoms with Gasteiger partial charge in [0.05, 0.1) is 6.21 Å². The van der Waals surface area contributed by atoms with Gasteiger partial charge in [0.15, 0.2) is 0 Å². The molecule has 0 bridgehead atoms. The number of nitrogens with zero attached hydrogens (tertiary/aromatic N) is 1. The van der Waals surface area contributed by atoms with Gasteiger partial charge in [-0.3, -0.25) is 9.59 Å². The third-order valence-electron chi connectivity index (χ3n) is 2.83. The minimum absolute atomic E-state index is 0.475. The number of aryl methyl sites for hydroxylation is 1. The summed E-state index contributed by atoms with van der Waals surface area (Å²) in [6.45, 7) is 1.80. The van der Waals surface area contributed by atoms with Gasteiger partial charge in [-0.1, -0.05) is 48.0 Å². The highest BCUT2D eigenvalue weighted by molar-refractivity contribution is 6.40. The second-order valence-electron chi connectivity index (χ2n) is 4.52. The number of halogens is 1. The van der Waals surface area contributed by atoms with Crippen molar-refractivity contribution in [3.63, 3.8) is 0 Å². The summed E-state index contributed by atoms with van der Waals surface area (Å²) in [7, 11) is 0. The molecule has 0 spiro atoms. The number of hydrogen-bond acceptors (Lipinski definition) is 3. The van der Waals surface area contributed by atoms with E-state index >= 15 is 0 Å². The van der Waals surface area contributed by atoms with Crippen LogP contribution in [-0.2, 0) is 9.59 Å². The summed E-state index contributed by atoms with van der Waals surface area (Å²) in [5.41, 5.74) is 4.27. The lowest BCUT2D eigenvalue weighted by atomic mass is 10.2. The summed E-state index contributed by atoms with van der Waals surface area (Å²) in [5, 5.41) is 6.70. The molecule has 0 aliphatic heterocycles. The third kappa shape index (κ3) is 4.43. The number of carbonyl (C=O) groups is 2. The summed E-state index contributed by atoms with van der Waals surface area (Å²) < 4.78 is 0. The van der Waals surface area contributed by atoms with Gasteiger partial charge in [-0.2, -0.15) is 5.10 Å². The Morgan fingerprint density at radius 1 is 1.09 bits per heavy atom. The molecular formula is C16H14ClN3O2. The Morgan fingerprint density at radius 3 is 2.55 bits per heavy atom. The summed E-state index contributed by atoms with van der Waals surface area (Å²) in [6.07, 6.45) is 1.45. The number of nitrogens with one attached hydrogen (secondary N) is 2. The lowest BCUT2D eigenvalue weighted by Crippen LogP contribution is -2.32. The molecule has 5 nitrogen and oxygen atoms in total. The van der Waals surface area contributed by atoms with E-state index < -0.39 is 11.8 Å². The average Bonchev–Trinajstić information content (AvgIpc) is 2.52. The normalized spacial score (nSPS) is 10.5. The number of hydrazone groups is 1. The van der Waals surface area contributed by atoms with Crippen LogP contribution in [0.4, 0.5) is 5.69 Å². The number of rotatable bonds is 3. The van der Waals surface area contributed by atoms with Gasteiger partial charge in [0.1, 0.15) is 0 Å². The van der Waals surface area contributed by atoms with Crippen LogP contribution in [0.5, 0.6) is 0 Å². The average molecular weight is 316 g/mol. The van der Waals surface area contributed by atoms with Gasteiger partial charge in [-0.25, -0.2) is 5.43 Å². The first-order valence-electron chi connectivity index (χ1n) is 6.52. The van der Waals surface area contributed by atoms with E-state index in [0.717, 1.165) is 11.1 Å². The van der Waals surface area contributed by atoms with Crippen molar-refractivity contribution in [3.05, 3.63) is 64.7 Å². The molecule has 0 fully saturated rings. The molecule has 0 aliphatic rings. The van der Waals surface area contributed by atoms with Crippen molar-refractivity contribution in [2.75, 3.05) is 5.32 Å². The Morgan fingerprint density at radius 2 is 1.82 bits per heavy atom. The number of carbonyl (C=O) groups excluding carboxylic acids is 2. The lowest BCUT2D eigenvalue weighted by molar-refractivity contribution is -0.136. The molecular weight excluding hydrogens is 302 g/mol. The maximum Gasteiger partial charge on any atom is 0.329 e. The van der Waals surface area contributed by atoms with Crippen LogP contribution in [0.3, 0.4) is 0 Å². The molecule has 0 aliphatic carbocycles. The van der Waals surface area contributed by atoms with Gasteiger partial charge in [0.25, 0.3) is 0 Å². The van der Waals surface area contributed by atoms with Crippen molar-refractivity contribution in [2.45, 2.75) is 6.92 Å². The molecule has 112 valence electrons. The molecule has 2 N–H and O–H groups in total. The minimum atomic E-state index is -0.855. The standard InChI is InChI=1S/C16H14ClN3O2/c1-11-7-8-13(17)9-14(11)19-15(21)16(22)20-18-10-12-5-3-2-4-6-12/h2-10H,1H3,(H,19,21)(H,20,22)/b18-10+. The minimum Gasteiger partial charge on any atom is -0.317 e. The van der Waals surface area contributed by atoms with Crippen molar-refractivity contribution in [2.24, 2.45) is 5.10 Å². The first-order valence-corrected chi connectivity index (χ1v) is 6.89. The number of amides is 2. The molecule has 2 aromatic carbocycles. The second kappa shape index (κ2) is 7.38. The number of benzene rings is 2. The maximum atomic E-state index is 11.8. The zero-order valence-electron chi connectivity index (χ0n) is 11.8. The molecule has 0 radical (unpaired) electrons. The first-order chi connectivity index (χ1) is 10.6. The van der Waals surface area contributed by atoms with Gasteiger partial charge < -0.3 is 5.32 Å². The van der Waals surface area contributed by atoms with Crippen LogP contribution in [0.15, 0.2) is 53.6 Å². The molecule has 6 heteroatoms. The first kappa shape index (κ1) is 15.7. The van der Waals surface area contributed by atoms with E-state index in [1.165, 1.54) is 6.21 Å². The molecule has 2 aromatic rings. The van der Waals surface area contributed by atoms with E-state index in [2.05, 4.69) is 15.8 Å². The van der Waals surface area contributed by atoms with Gasteiger partial charge in [-0.05, 0) is 30.2 Å². The zero-order valence-corrected chi connectivity index (χ0v) is 12.6. The lowest BCUT2D eigenvalue weighted by Gasteiger charge is -2.07. The molecule has 2 rings (SSSR count). The van der Waals surface area contributed by atoms with Crippen molar-refractivity contribution in [1.29, 1.82) is 0 Å². The Hall–Kier alpha value is -2.66. The molecule has 0 aromatic heterocycles. The van der Waals surface area contributed by atoms with Crippen molar-refractivity contribution >= 4 is 35.3 Å². The van der Waals surface area contributed by atoms with Gasteiger partial charge >= 0.3 is 11.8 Å². The van der Waals surface area contributed by atoms with Crippen LogP contribution in [0.2, 0.25) is 5.02 Å². The maximum absolute atomic E-state index is 11.8. The van der Waals surface area contributed by atoms with E-state index in [9.17, 15) is 9.59 Å². The molecule has 22 heavy (non-hydrogen) atoms. The Balaban J connectivity index is 1.94. The molecule has 2 amide bonds. The third-order valence-corrected chi connectivity index (χ3v) is 3.07. The highest BCUT2D eigenvalue weighted by Crippen LogP contribution is 2.19. The smallest absolute Gasteiger partial charge is 0.317 e. The molecule has 0 heterocycles. The van der Waals surface area contributed by atoms with Crippen LogP contribution in [0.1, 0.15) is 11.1 Å². The van der Waals surface area contributed by atoms with E-state index in [1.807, 2.05) is 30.3 Å². The van der Waals surface area contributed by atoms with Crippen molar-refractivity contribution < 1.29 is 9.59 Å². The van der Waals surface area contributed by atoms with Gasteiger partial charge in [-0.15, -0.1) is 0 Å². The predicted octanol–water partition coefficient (Wildman–Crippen LogP) is 2.74. The van der Waals surface area contributed by atoms with E-state index in [0.29, 0.717) is 10.7 Å². The van der Waals surface area contributed by atoms with Gasteiger partial charge in [0, 0.05) is 10.7 Å². The van der Waals surface area contributed by atoms with Crippen LogP contribution in [-0.4, -0.2) is 18.0 Å². The Labute approximate surface area is 133 Å². The topological polar surface area (TPSA) is 70.6 Å². The van der Waals surface area contributed by atoms with Crippen LogP contribution in [0.25, 0.3) is 0 Å². The Kier molecular flexibility index (Phi) is 5.27. The second-order valence-corrected chi connectivity index (χ2v) is 4.96. The quantitative estimate of drug-likeness (QED) is 0.519. The van der Waals surface area contributed by atoms with Crippen molar-refractivity contribution in [3.8, 4) is 0 Å². The highest BCUT2D eigenvalue weighted by Gasteiger charge is 2.14. The number of hydrogen-bond donors (Lipinski definition) is 2. The van der Waals surface area contributed by atoms with E-state index in [1.54, 1.807) is 25.1 Å². The summed E-state index contributed by atoms with van der Waals surface area (Å²) >= 11 is 5.86. The largest absolute Gasteiger partial charge is 0.329 e. The summed E-state index contributed by atoms with van der Waals surface area (Å²) in [5.74, 6) is -1.66. The summed E-state index contributed by atoms with van der Waals surface area (Å²) in [6, 6.07) is 14.2. The predicted molar refractivity (Wildman–Crippen MR) is 87.0 cm³/mol. The zero-order chi connectivity index (χ0) is 15.9. The van der Waals surface area contributed by atoms with Crippen LogP contribution < -0.4 is 10.7 Å². The highest BCUT2D eigenvalue weighted by atomic mass is 35.5. The SMILES string of the molecule is Cc1ccc(Cl)cc1NC(=O)C(=O)N/N=C/c1ccccc1. The fourth-order valence-corrected chi connectivity index (χ4v) is 1.84. The number of anilines is 1. The van der Waals surface area contributed by atoms with Crippen LogP contribution >= 0.6 is 11.6 Å². The van der Waals surface area contributed by atoms with E-state index in [4.69, 9.17) is 11.6 Å². The fourth-order valence-electron chi connectivity index (χ4n) is 1.66. The molecule has 0 unspecified atom stereocenters. The molecule has 0 atom stereocenters. The summed E-state index contributed by atoms with van der Waals surface area (Å²) in [4.78, 5) is 23.4.